The molecule has 3 rings (SSSR count). The molecule has 2 saturated heterocycles. The fraction of sp³-hybridized carbons (Fsp3) is 0.688. The van der Waals surface area contributed by atoms with E-state index in [9.17, 15) is 13.6 Å². The van der Waals surface area contributed by atoms with Gasteiger partial charge in [-0.25, -0.2) is 13.6 Å². The first-order chi connectivity index (χ1) is 11.3. The molecule has 134 valence electrons. The Labute approximate surface area is 140 Å². The number of likely N-dealkylation sites (N-methyl/N-ethyl adjacent to an activating group) is 1. The second kappa shape index (κ2) is 6.68. The third-order valence-electron chi connectivity index (χ3n) is 4.61. The average Bonchev–Trinajstić information content (AvgIpc) is 3.02. The highest BCUT2D eigenvalue weighted by Crippen LogP contribution is 2.35. The van der Waals surface area contributed by atoms with Crippen molar-refractivity contribution in [3.63, 3.8) is 0 Å². The topological polar surface area (TPSA) is 52.0 Å². The normalized spacial score (nSPS) is 24.4. The number of alkyl halides is 2. The highest BCUT2D eigenvalue weighted by atomic mass is 19.3. The van der Waals surface area contributed by atoms with Crippen LogP contribution in [0.15, 0.2) is 22.8 Å². The predicted octanol–water partition coefficient (Wildman–Crippen LogP) is 1.44. The van der Waals surface area contributed by atoms with Crippen molar-refractivity contribution in [3.05, 3.63) is 24.2 Å². The molecule has 1 aromatic heterocycles. The summed E-state index contributed by atoms with van der Waals surface area (Å²) in [6, 6.07) is 3.22. The van der Waals surface area contributed by atoms with E-state index in [1.807, 2.05) is 23.9 Å². The van der Waals surface area contributed by atoms with E-state index in [2.05, 4.69) is 5.32 Å². The van der Waals surface area contributed by atoms with Gasteiger partial charge in [0.1, 0.15) is 5.76 Å². The van der Waals surface area contributed by atoms with Crippen molar-refractivity contribution in [2.45, 2.75) is 31.0 Å². The molecule has 0 saturated carbocycles. The average molecular weight is 342 g/mol. The van der Waals surface area contributed by atoms with Gasteiger partial charge in [0.15, 0.2) is 0 Å². The molecule has 1 aromatic rings. The largest absolute Gasteiger partial charge is 0.467 e. The lowest BCUT2D eigenvalue weighted by atomic mass is 10.1. The van der Waals surface area contributed by atoms with Gasteiger partial charge in [0.25, 0.3) is 5.92 Å². The Kier molecular flexibility index (Phi) is 4.78. The summed E-state index contributed by atoms with van der Waals surface area (Å²) in [7, 11) is 3.79. The second-order valence-corrected chi connectivity index (χ2v) is 6.95. The Balaban J connectivity index is 1.48. The molecular weight excluding hydrogens is 318 g/mol. The summed E-state index contributed by atoms with van der Waals surface area (Å²) >= 11 is 0. The van der Waals surface area contributed by atoms with Gasteiger partial charge >= 0.3 is 6.03 Å². The summed E-state index contributed by atoms with van der Waals surface area (Å²) in [5, 5.41) is 2.78. The Morgan fingerprint density at radius 3 is 2.83 bits per heavy atom. The van der Waals surface area contributed by atoms with Crippen LogP contribution in [-0.4, -0.2) is 79.0 Å². The van der Waals surface area contributed by atoms with Gasteiger partial charge in [-0.15, -0.1) is 0 Å². The molecule has 0 unspecified atom stereocenters. The van der Waals surface area contributed by atoms with Crippen molar-refractivity contribution in [2.24, 2.45) is 0 Å². The minimum absolute atomic E-state index is 0.0117. The molecule has 0 spiro atoms. The summed E-state index contributed by atoms with van der Waals surface area (Å²) in [5.74, 6) is -1.95. The number of amides is 2. The van der Waals surface area contributed by atoms with Gasteiger partial charge in [-0.2, -0.15) is 0 Å². The summed E-state index contributed by atoms with van der Waals surface area (Å²) in [4.78, 5) is 17.5. The van der Waals surface area contributed by atoms with E-state index in [1.54, 1.807) is 23.3 Å². The standard InChI is InChI=1S/C16H24F2N4O2/c1-20(2)8-12-6-16(17,18)11-22(12)13-9-21(10-13)15(23)19-7-14-4-3-5-24-14/h3-5,12-13H,6-11H2,1-2H3,(H,19,23)/t12-/m0/s1. The summed E-state index contributed by atoms with van der Waals surface area (Å²) < 4.78 is 32.7. The summed E-state index contributed by atoms with van der Waals surface area (Å²) in [5.41, 5.74) is 0. The van der Waals surface area contributed by atoms with Crippen molar-refractivity contribution >= 4 is 6.03 Å². The molecule has 1 N–H and O–H groups in total. The van der Waals surface area contributed by atoms with Crippen LogP contribution in [0.3, 0.4) is 0 Å². The maximum atomic E-state index is 13.8. The first-order valence-corrected chi connectivity index (χ1v) is 8.17. The number of carbonyl (C=O) groups is 1. The smallest absolute Gasteiger partial charge is 0.317 e. The van der Waals surface area contributed by atoms with Gasteiger partial charge < -0.3 is 19.5 Å². The lowest BCUT2D eigenvalue weighted by Crippen LogP contribution is -2.64. The molecule has 0 aromatic carbocycles. The molecule has 2 aliphatic heterocycles. The fourth-order valence-corrected chi connectivity index (χ4v) is 3.46. The van der Waals surface area contributed by atoms with Crippen LogP contribution in [0.5, 0.6) is 0 Å². The zero-order valence-corrected chi connectivity index (χ0v) is 14.0. The highest BCUT2D eigenvalue weighted by molar-refractivity contribution is 5.75. The minimum atomic E-state index is -2.64. The number of hydrogen-bond acceptors (Lipinski definition) is 4. The van der Waals surface area contributed by atoms with Crippen molar-refractivity contribution in [3.8, 4) is 0 Å². The number of urea groups is 1. The Morgan fingerprint density at radius 2 is 2.21 bits per heavy atom. The number of furan rings is 1. The molecule has 2 fully saturated rings. The Morgan fingerprint density at radius 1 is 1.46 bits per heavy atom. The predicted molar refractivity (Wildman–Crippen MR) is 84.9 cm³/mol. The van der Waals surface area contributed by atoms with Crippen LogP contribution in [0, 0.1) is 0 Å². The van der Waals surface area contributed by atoms with Gasteiger partial charge in [-0.05, 0) is 26.2 Å². The maximum Gasteiger partial charge on any atom is 0.317 e. The zero-order chi connectivity index (χ0) is 17.3. The van der Waals surface area contributed by atoms with Crippen molar-refractivity contribution in [1.82, 2.24) is 20.0 Å². The van der Waals surface area contributed by atoms with E-state index in [-0.39, 0.29) is 31.1 Å². The van der Waals surface area contributed by atoms with Crippen molar-refractivity contribution in [2.75, 3.05) is 40.3 Å². The minimum Gasteiger partial charge on any atom is -0.467 e. The van der Waals surface area contributed by atoms with Gasteiger partial charge in [0.2, 0.25) is 0 Å². The Bertz CT molecular complexity index is 558. The number of halogens is 2. The molecule has 24 heavy (non-hydrogen) atoms. The van der Waals surface area contributed by atoms with Crippen LogP contribution < -0.4 is 5.32 Å². The van der Waals surface area contributed by atoms with E-state index in [4.69, 9.17) is 4.42 Å². The molecular formula is C16H24F2N4O2. The van der Waals surface area contributed by atoms with Gasteiger partial charge in [-0.3, -0.25) is 4.90 Å². The van der Waals surface area contributed by atoms with Crippen LogP contribution in [-0.2, 0) is 6.54 Å². The third kappa shape index (κ3) is 3.87. The monoisotopic (exact) mass is 342 g/mol. The second-order valence-electron chi connectivity index (χ2n) is 6.95. The zero-order valence-electron chi connectivity index (χ0n) is 14.0. The molecule has 6 nitrogen and oxygen atoms in total. The summed E-state index contributed by atoms with van der Waals surface area (Å²) in [6.07, 6.45) is 1.45. The SMILES string of the molecule is CN(C)C[C@@H]1CC(F)(F)CN1C1CN(C(=O)NCc2ccco2)C1. The quantitative estimate of drug-likeness (QED) is 0.880. The molecule has 0 aliphatic carbocycles. The van der Waals surface area contributed by atoms with Gasteiger partial charge in [0.05, 0.1) is 19.4 Å². The third-order valence-corrected chi connectivity index (χ3v) is 4.61. The lowest BCUT2D eigenvalue weighted by molar-refractivity contribution is -0.00705. The molecule has 8 heteroatoms. The van der Waals surface area contributed by atoms with Crippen molar-refractivity contribution < 1.29 is 18.0 Å². The van der Waals surface area contributed by atoms with E-state index in [0.29, 0.717) is 31.9 Å². The fourth-order valence-electron chi connectivity index (χ4n) is 3.46. The van der Waals surface area contributed by atoms with Gasteiger partial charge in [0, 0.05) is 38.1 Å². The molecule has 0 bridgehead atoms. The lowest BCUT2D eigenvalue weighted by Gasteiger charge is -2.46. The van der Waals surface area contributed by atoms with Crippen molar-refractivity contribution in [1.29, 1.82) is 0 Å². The molecule has 1 atom stereocenters. The first-order valence-electron chi connectivity index (χ1n) is 8.17. The number of rotatable bonds is 5. The summed E-state index contributed by atoms with van der Waals surface area (Å²) in [6.45, 7) is 1.71. The van der Waals surface area contributed by atoms with Crippen LogP contribution in [0.1, 0.15) is 12.2 Å². The molecule has 0 radical (unpaired) electrons. The van der Waals surface area contributed by atoms with E-state index in [0.717, 1.165) is 0 Å². The van der Waals surface area contributed by atoms with Gasteiger partial charge in [-0.1, -0.05) is 0 Å². The highest BCUT2D eigenvalue weighted by Gasteiger charge is 2.50. The van der Waals surface area contributed by atoms with E-state index < -0.39 is 5.92 Å². The first kappa shape index (κ1) is 17.2. The molecule has 3 heterocycles. The van der Waals surface area contributed by atoms with Crippen LogP contribution in [0.4, 0.5) is 13.6 Å². The number of hydrogen-bond donors (Lipinski definition) is 1. The Hall–Kier alpha value is -1.67. The number of nitrogens with zero attached hydrogens (tertiary/aromatic N) is 3. The maximum absolute atomic E-state index is 13.8. The van der Waals surface area contributed by atoms with E-state index in [1.165, 1.54) is 0 Å². The van der Waals surface area contributed by atoms with Crippen LogP contribution >= 0.6 is 0 Å². The molecule has 2 aliphatic rings. The van der Waals surface area contributed by atoms with Crippen LogP contribution in [0.2, 0.25) is 0 Å². The number of nitrogens with one attached hydrogen (secondary N) is 1. The van der Waals surface area contributed by atoms with E-state index >= 15 is 0 Å². The number of likely N-dealkylation sites (tertiary alicyclic amines) is 2. The molecule has 2 amide bonds. The van der Waals surface area contributed by atoms with Crippen LogP contribution in [0.25, 0.3) is 0 Å². The number of carbonyl (C=O) groups excluding carboxylic acids is 1.